The van der Waals surface area contributed by atoms with Gasteiger partial charge in [0.15, 0.2) is 17.2 Å². The van der Waals surface area contributed by atoms with Gasteiger partial charge in [-0.2, -0.15) is 0 Å². The highest BCUT2D eigenvalue weighted by Crippen LogP contribution is 2.28. The smallest absolute Gasteiger partial charge is 0.279 e. The molecule has 0 aliphatic rings. The lowest BCUT2D eigenvalue weighted by Crippen LogP contribution is -2.24. The molecule has 3 heterocycles. The standard InChI is InChI=1S/C26H22ClF2N5O/c1-13-7-17(5-6-21(13)33-10-15(3)30-12-33)25-31-23-19(27)11-34(26(35)24(23)32-25)16(4)18-8-14(2)22(29)20(28)9-18/h5-12,16H,1-4H3,(H,31,32). The highest BCUT2D eigenvalue weighted by atomic mass is 35.5. The monoisotopic (exact) mass is 493 g/mol. The molecule has 0 saturated carbocycles. The normalized spacial score (nSPS) is 12.4. The first-order chi connectivity index (χ1) is 16.6. The van der Waals surface area contributed by atoms with Crippen LogP contribution in [0.5, 0.6) is 0 Å². The number of H-pyrrole nitrogens is 1. The first-order valence-electron chi connectivity index (χ1n) is 11.0. The molecular weight excluding hydrogens is 472 g/mol. The highest BCUT2D eigenvalue weighted by molar-refractivity contribution is 6.34. The number of aryl methyl sites for hydroxylation is 3. The number of imidazole rings is 2. The Morgan fingerprint density at radius 2 is 1.83 bits per heavy atom. The molecule has 2 aromatic carbocycles. The van der Waals surface area contributed by atoms with Gasteiger partial charge in [0.05, 0.1) is 28.6 Å². The summed E-state index contributed by atoms with van der Waals surface area (Å²) >= 11 is 6.52. The Morgan fingerprint density at radius 1 is 1.06 bits per heavy atom. The third-order valence-electron chi connectivity index (χ3n) is 6.22. The summed E-state index contributed by atoms with van der Waals surface area (Å²) in [7, 11) is 0. The number of nitrogens with one attached hydrogen (secondary N) is 1. The maximum atomic E-state index is 14.0. The molecule has 6 nitrogen and oxygen atoms in total. The minimum absolute atomic E-state index is 0.166. The van der Waals surface area contributed by atoms with E-state index in [-0.39, 0.29) is 16.6 Å². The fourth-order valence-electron chi connectivity index (χ4n) is 4.29. The quantitative estimate of drug-likeness (QED) is 0.331. The molecule has 1 atom stereocenters. The molecule has 0 amide bonds. The van der Waals surface area contributed by atoms with E-state index in [1.54, 1.807) is 13.3 Å². The first-order valence-corrected chi connectivity index (χ1v) is 11.4. The van der Waals surface area contributed by atoms with Gasteiger partial charge in [-0.1, -0.05) is 17.7 Å². The number of nitrogens with zero attached hydrogens (tertiary/aromatic N) is 4. The molecule has 0 fully saturated rings. The molecule has 178 valence electrons. The van der Waals surface area contributed by atoms with Crippen LogP contribution in [0.15, 0.2) is 53.8 Å². The zero-order valence-electron chi connectivity index (χ0n) is 19.5. The van der Waals surface area contributed by atoms with Crippen LogP contribution in [0.25, 0.3) is 28.1 Å². The van der Waals surface area contributed by atoms with Crippen LogP contribution in [0.1, 0.15) is 35.3 Å². The van der Waals surface area contributed by atoms with E-state index in [2.05, 4.69) is 15.0 Å². The predicted octanol–water partition coefficient (Wildman–Crippen LogP) is 6.04. The van der Waals surface area contributed by atoms with Crippen LogP contribution in [0.2, 0.25) is 5.02 Å². The van der Waals surface area contributed by atoms with Gasteiger partial charge in [0.2, 0.25) is 0 Å². The number of hydrogen-bond acceptors (Lipinski definition) is 3. The molecular formula is C26H22ClF2N5O. The zero-order valence-corrected chi connectivity index (χ0v) is 20.3. The Hall–Kier alpha value is -3.78. The van der Waals surface area contributed by atoms with Crippen molar-refractivity contribution >= 4 is 22.6 Å². The lowest BCUT2D eigenvalue weighted by atomic mass is 10.0. The van der Waals surface area contributed by atoms with Crippen molar-refractivity contribution in [2.45, 2.75) is 33.7 Å². The van der Waals surface area contributed by atoms with Crippen molar-refractivity contribution in [2.75, 3.05) is 0 Å². The predicted molar refractivity (Wildman–Crippen MR) is 132 cm³/mol. The largest absolute Gasteiger partial charge is 0.337 e. The molecule has 9 heteroatoms. The van der Waals surface area contributed by atoms with E-state index in [0.717, 1.165) is 28.6 Å². The number of aromatic amines is 1. The maximum Gasteiger partial charge on any atom is 0.279 e. The minimum atomic E-state index is -0.959. The average molecular weight is 494 g/mol. The molecule has 0 aliphatic heterocycles. The van der Waals surface area contributed by atoms with E-state index in [4.69, 9.17) is 11.6 Å². The number of benzene rings is 2. The summed E-state index contributed by atoms with van der Waals surface area (Å²) in [5, 5.41) is 0.298. The van der Waals surface area contributed by atoms with Gasteiger partial charge in [0, 0.05) is 23.6 Å². The van der Waals surface area contributed by atoms with Crippen molar-refractivity contribution in [3.05, 3.63) is 98.4 Å². The van der Waals surface area contributed by atoms with Gasteiger partial charge in [-0.05, 0) is 68.7 Å². The minimum Gasteiger partial charge on any atom is -0.337 e. The number of pyridine rings is 1. The highest BCUT2D eigenvalue weighted by Gasteiger charge is 2.20. The van der Waals surface area contributed by atoms with Crippen molar-refractivity contribution in [2.24, 2.45) is 0 Å². The van der Waals surface area contributed by atoms with Crippen molar-refractivity contribution in [3.8, 4) is 17.1 Å². The molecule has 0 radical (unpaired) electrons. The second-order valence-corrected chi connectivity index (χ2v) is 9.14. The second-order valence-electron chi connectivity index (χ2n) is 8.73. The second kappa shape index (κ2) is 8.46. The van der Waals surface area contributed by atoms with E-state index in [9.17, 15) is 13.6 Å². The van der Waals surface area contributed by atoms with Crippen LogP contribution in [0, 0.1) is 32.4 Å². The summed E-state index contributed by atoms with van der Waals surface area (Å²) in [6.45, 7) is 7.12. The van der Waals surface area contributed by atoms with Gasteiger partial charge in [-0.15, -0.1) is 0 Å². The van der Waals surface area contributed by atoms with Gasteiger partial charge in [0.25, 0.3) is 5.56 Å². The van der Waals surface area contributed by atoms with E-state index in [1.807, 2.05) is 42.8 Å². The van der Waals surface area contributed by atoms with Gasteiger partial charge in [-0.3, -0.25) is 4.79 Å². The summed E-state index contributed by atoms with van der Waals surface area (Å²) in [6, 6.07) is 7.89. The molecule has 3 aromatic heterocycles. The molecule has 0 bridgehead atoms. The van der Waals surface area contributed by atoms with Gasteiger partial charge < -0.3 is 14.1 Å². The third-order valence-corrected chi connectivity index (χ3v) is 6.51. The summed E-state index contributed by atoms with van der Waals surface area (Å²) in [5.74, 6) is -1.36. The summed E-state index contributed by atoms with van der Waals surface area (Å²) in [4.78, 5) is 25.3. The topological polar surface area (TPSA) is 68.5 Å². The van der Waals surface area contributed by atoms with Crippen LogP contribution in [0.4, 0.5) is 8.78 Å². The molecule has 1 unspecified atom stereocenters. The summed E-state index contributed by atoms with van der Waals surface area (Å²) in [5.41, 5.74) is 4.54. The van der Waals surface area contributed by atoms with Crippen LogP contribution >= 0.6 is 11.6 Å². The molecule has 0 aliphatic carbocycles. The van der Waals surface area contributed by atoms with Crippen LogP contribution in [-0.4, -0.2) is 24.1 Å². The molecule has 5 aromatic rings. The van der Waals surface area contributed by atoms with Gasteiger partial charge in [-0.25, -0.2) is 18.7 Å². The number of rotatable bonds is 4. The van der Waals surface area contributed by atoms with E-state index >= 15 is 0 Å². The van der Waals surface area contributed by atoms with E-state index in [0.29, 0.717) is 21.9 Å². The molecule has 5 rings (SSSR count). The Bertz CT molecular complexity index is 1640. The van der Waals surface area contributed by atoms with E-state index in [1.165, 1.54) is 23.8 Å². The lowest BCUT2D eigenvalue weighted by molar-refractivity contribution is 0.497. The van der Waals surface area contributed by atoms with E-state index < -0.39 is 17.7 Å². The molecule has 1 N–H and O–H groups in total. The Kier molecular flexibility index (Phi) is 5.56. The van der Waals surface area contributed by atoms with Crippen LogP contribution in [0.3, 0.4) is 0 Å². The first kappa shape index (κ1) is 23.0. The third kappa shape index (κ3) is 3.93. The number of aromatic nitrogens is 5. The number of fused-ring (bicyclic) bond motifs is 1. The fourth-order valence-corrected chi connectivity index (χ4v) is 4.54. The average Bonchev–Trinajstić information content (AvgIpc) is 3.46. The Labute approximate surface area is 204 Å². The Balaban J connectivity index is 1.57. The number of hydrogen-bond donors (Lipinski definition) is 1. The van der Waals surface area contributed by atoms with Crippen molar-refractivity contribution < 1.29 is 8.78 Å². The van der Waals surface area contributed by atoms with Crippen LogP contribution < -0.4 is 5.56 Å². The maximum absolute atomic E-state index is 14.0. The Morgan fingerprint density at radius 3 is 2.49 bits per heavy atom. The molecule has 0 saturated heterocycles. The number of halogens is 3. The van der Waals surface area contributed by atoms with Crippen molar-refractivity contribution in [3.63, 3.8) is 0 Å². The summed E-state index contributed by atoms with van der Waals surface area (Å²) in [6.07, 6.45) is 5.20. The fraction of sp³-hybridized carbons (Fsp3) is 0.192. The van der Waals surface area contributed by atoms with Crippen molar-refractivity contribution in [1.82, 2.24) is 24.1 Å². The SMILES string of the molecule is Cc1cn(-c2ccc(-c3nc4c(=O)n(C(C)c5cc(C)c(F)c(F)c5)cc(Cl)c4[nH]3)cc2C)cn1. The zero-order chi connectivity index (χ0) is 25.0. The lowest BCUT2D eigenvalue weighted by Gasteiger charge is -2.17. The van der Waals surface area contributed by atoms with Crippen LogP contribution in [-0.2, 0) is 0 Å². The van der Waals surface area contributed by atoms with Gasteiger partial charge in [0.1, 0.15) is 5.82 Å². The molecule has 35 heavy (non-hydrogen) atoms. The van der Waals surface area contributed by atoms with Crippen molar-refractivity contribution in [1.29, 1.82) is 0 Å². The summed E-state index contributed by atoms with van der Waals surface area (Å²) < 4.78 is 31.1. The molecule has 0 spiro atoms. The van der Waals surface area contributed by atoms with Gasteiger partial charge >= 0.3 is 0 Å².